The van der Waals surface area contributed by atoms with E-state index in [4.69, 9.17) is 16.7 Å². The van der Waals surface area contributed by atoms with Crippen molar-refractivity contribution in [2.24, 2.45) is 0 Å². The van der Waals surface area contributed by atoms with Gasteiger partial charge in [-0.1, -0.05) is 11.6 Å². The van der Waals surface area contributed by atoms with E-state index in [0.29, 0.717) is 9.90 Å². The van der Waals surface area contributed by atoms with Gasteiger partial charge in [0.05, 0.1) is 17.0 Å². The van der Waals surface area contributed by atoms with Gasteiger partial charge < -0.3 is 5.11 Å². The highest BCUT2D eigenvalue weighted by molar-refractivity contribution is 7.91. The Labute approximate surface area is 124 Å². The summed E-state index contributed by atoms with van der Waals surface area (Å²) in [6, 6.07) is 4.66. The molecule has 0 aliphatic rings. The van der Waals surface area contributed by atoms with Gasteiger partial charge in [-0.25, -0.2) is 13.1 Å². The van der Waals surface area contributed by atoms with Crippen molar-refractivity contribution in [3.63, 3.8) is 0 Å². The maximum absolute atomic E-state index is 12.1. The number of hydrogen-bond acceptors (Lipinski definition) is 5. The summed E-state index contributed by atoms with van der Waals surface area (Å²) in [6.07, 6.45) is 0. The van der Waals surface area contributed by atoms with Gasteiger partial charge in [0.2, 0.25) is 0 Å². The Bertz CT molecular complexity index is 662. The lowest BCUT2D eigenvalue weighted by atomic mass is 10.3. The molecule has 0 saturated carbocycles. The Balaban J connectivity index is 2.17. The molecule has 2 rings (SSSR count). The van der Waals surface area contributed by atoms with Crippen LogP contribution in [0, 0.1) is 0 Å². The molecule has 104 valence electrons. The number of hydrogen-bond donors (Lipinski definition) is 2. The van der Waals surface area contributed by atoms with Gasteiger partial charge in [-0.3, -0.25) is 0 Å². The maximum Gasteiger partial charge on any atom is 0.250 e. The summed E-state index contributed by atoms with van der Waals surface area (Å²) in [7, 11) is -3.57. The van der Waals surface area contributed by atoms with E-state index in [9.17, 15) is 8.42 Å². The number of halogens is 1. The fourth-order valence-corrected chi connectivity index (χ4v) is 5.06. The molecule has 1 unspecified atom stereocenters. The average Bonchev–Trinajstić information content (AvgIpc) is 2.96. The molecule has 0 radical (unpaired) electrons. The average molecular weight is 338 g/mol. The van der Waals surface area contributed by atoms with Crippen molar-refractivity contribution in [2.45, 2.75) is 23.8 Å². The number of nitrogens with one attached hydrogen (secondary N) is 1. The van der Waals surface area contributed by atoms with E-state index in [0.717, 1.165) is 16.2 Å². The second-order valence-electron chi connectivity index (χ2n) is 3.92. The minimum Gasteiger partial charge on any atom is -0.392 e. The van der Waals surface area contributed by atoms with Crippen LogP contribution in [0.5, 0.6) is 0 Å². The molecule has 1 atom stereocenters. The van der Waals surface area contributed by atoms with Crippen LogP contribution in [0.25, 0.3) is 0 Å². The quantitative estimate of drug-likeness (QED) is 0.881. The Morgan fingerprint density at radius 2 is 2.21 bits per heavy atom. The third-order valence-corrected chi connectivity index (χ3v) is 6.87. The summed E-state index contributed by atoms with van der Waals surface area (Å²) in [4.78, 5) is 0.854. The second-order valence-corrected chi connectivity index (χ2v) is 8.52. The highest BCUT2D eigenvalue weighted by Gasteiger charge is 2.21. The van der Waals surface area contributed by atoms with Crippen LogP contribution in [-0.4, -0.2) is 13.5 Å². The Morgan fingerprint density at radius 3 is 2.74 bits per heavy atom. The van der Waals surface area contributed by atoms with Crippen LogP contribution in [0.1, 0.15) is 23.4 Å². The summed E-state index contributed by atoms with van der Waals surface area (Å²) in [5.41, 5.74) is 0.595. The third-order valence-electron chi connectivity index (χ3n) is 2.43. The van der Waals surface area contributed by atoms with Gasteiger partial charge in [0.25, 0.3) is 10.0 Å². The molecule has 0 fully saturated rings. The molecular formula is C11H12ClNO3S3. The van der Waals surface area contributed by atoms with Crippen LogP contribution >= 0.6 is 34.3 Å². The summed E-state index contributed by atoms with van der Waals surface area (Å²) in [5.74, 6) is 0. The maximum atomic E-state index is 12.1. The second kappa shape index (κ2) is 5.90. The Kier molecular flexibility index (Phi) is 4.65. The van der Waals surface area contributed by atoms with E-state index in [-0.39, 0.29) is 16.9 Å². The molecule has 19 heavy (non-hydrogen) atoms. The summed E-state index contributed by atoms with van der Waals surface area (Å²) in [6.45, 7) is 1.60. The normalized spacial score (nSPS) is 13.6. The first-order chi connectivity index (χ1) is 8.92. The van der Waals surface area contributed by atoms with E-state index in [1.54, 1.807) is 24.4 Å². The molecule has 0 aliphatic heterocycles. The summed E-state index contributed by atoms with van der Waals surface area (Å²) >= 11 is 8.26. The molecule has 2 N–H and O–H groups in total. The topological polar surface area (TPSA) is 66.4 Å². The molecule has 2 aromatic heterocycles. The van der Waals surface area contributed by atoms with E-state index >= 15 is 0 Å². The minimum absolute atomic E-state index is 0.165. The van der Waals surface area contributed by atoms with Crippen molar-refractivity contribution in [1.29, 1.82) is 0 Å². The number of sulfonamides is 1. The van der Waals surface area contributed by atoms with Gasteiger partial charge in [0.1, 0.15) is 4.21 Å². The van der Waals surface area contributed by atoms with Gasteiger partial charge in [0.15, 0.2) is 0 Å². The molecule has 0 aromatic carbocycles. The van der Waals surface area contributed by atoms with Crippen molar-refractivity contribution in [2.75, 3.05) is 0 Å². The molecule has 8 heteroatoms. The minimum atomic E-state index is -3.57. The lowest BCUT2D eigenvalue weighted by Gasteiger charge is -2.11. The largest absolute Gasteiger partial charge is 0.392 e. The van der Waals surface area contributed by atoms with Gasteiger partial charge >= 0.3 is 0 Å². The van der Waals surface area contributed by atoms with Crippen LogP contribution in [-0.2, 0) is 16.6 Å². The van der Waals surface area contributed by atoms with Gasteiger partial charge in [-0.05, 0) is 36.1 Å². The van der Waals surface area contributed by atoms with Gasteiger partial charge in [-0.15, -0.1) is 22.7 Å². The molecule has 4 nitrogen and oxygen atoms in total. The number of rotatable bonds is 5. The number of aliphatic hydroxyl groups excluding tert-OH is 1. The molecule has 2 aromatic rings. The number of thiophene rings is 2. The zero-order chi connectivity index (χ0) is 14.0. The van der Waals surface area contributed by atoms with Crippen molar-refractivity contribution in [3.8, 4) is 0 Å². The van der Waals surface area contributed by atoms with E-state index < -0.39 is 10.0 Å². The Morgan fingerprint density at radius 1 is 1.47 bits per heavy atom. The standard InChI is InChI=1S/C11H12ClNO3S3/c1-7(9-2-3-10(12)18-9)13-19(15,16)11-4-8(5-14)6-17-11/h2-4,6-7,13-14H,5H2,1H3. The van der Waals surface area contributed by atoms with Crippen LogP contribution in [0.3, 0.4) is 0 Å². The zero-order valence-corrected chi connectivity index (χ0v) is 13.2. The van der Waals surface area contributed by atoms with Crippen LogP contribution in [0.2, 0.25) is 4.34 Å². The first kappa shape index (κ1) is 15.0. The molecule has 2 heterocycles. The lowest BCUT2D eigenvalue weighted by molar-refractivity contribution is 0.282. The van der Waals surface area contributed by atoms with Crippen molar-refractivity contribution >= 4 is 44.3 Å². The molecular weight excluding hydrogens is 326 g/mol. The zero-order valence-electron chi connectivity index (χ0n) is 9.96. The monoisotopic (exact) mass is 337 g/mol. The summed E-state index contributed by atoms with van der Waals surface area (Å²) in [5, 5.41) is 10.6. The number of aliphatic hydroxyl groups is 1. The molecule has 0 bridgehead atoms. The van der Waals surface area contributed by atoms with Crippen molar-refractivity contribution < 1.29 is 13.5 Å². The Hall–Kier alpha value is -0.440. The van der Waals surface area contributed by atoms with E-state index in [1.165, 1.54) is 17.4 Å². The van der Waals surface area contributed by atoms with Crippen LogP contribution < -0.4 is 4.72 Å². The molecule has 0 aliphatic carbocycles. The van der Waals surface area contributed by atoms with E-state index in [1.807, 2.05) is 0 Å². The van der Waals surface area contributed by atoms with Crippen LogP contribution in [0.15, 0.2) is 27.8 Å². The highest BCUT2D eigenvalue weighted by atomic mass is 35.5. The van der Waals surface area contributed by atoms with Crippen molar-refractivity contribution in [1.82, 2.24) is 4.72 Å². The molecule has 0 amide bonds. The predicted octanol–water partition coefficient (Wildman–Crippen LogP) is 2.99. The first-order valence-electron chi connectivity index (χ1n) is 5.38. The lowest BCUT2D eigenvalue weighted by Crippen LogP contribution is -2.25. The van der Waals surface area contributed by atoms with E-state index in [2.05, 4.69) is 4.72 Å². The van der Waals surface area contributed by atoms with Gasteiger partial charge in [0, 0.05) is 4.88 Å². The molecule has 0 spiro atoms. The smallest absolute Gasteiger partial charge is 0.250 e. The highest BCUT2D eigenvalue weighted by Crippen LogP contribution is 2.28. The van der Waals surface area contributed by atoms with Crippen LogP contribution in [0.4, 0.5) is 0 Å². The SMILES string of the molecule is CC(NS(=O)(=O)c1cc(CO)cs1)c1ccc(Cl)s1. The first-order valence-corrected chi connectivity index (χ1v) is 8.94. The van der Waals surface area contributed by atoms with Gasteiger partial charge in [-0.2, -0.15) is 0 Å². The molecule has 0 saturated heterocycles. The predicted molar refractivity (Wildman–Crippen MR) is 78.3 cm³/mol. The van der Waals surface area contributed by atoms with Crippen molar-refractivity contribution in [3.05, 3.63) is 38.4 Å². The fraction of sp³-hybridized carbons (Fsp3) is 0.273. The summed E-state index contributed by atoms with van der Waals surface area (Å²) < 4.78 is 27.7. The third kappa shape index (κ3) is 3.56. The fourth-order valence-electron chi connectivity index (χ4n) is 1.49.